The van der Waals surface area contributed by atoms with E-state index in [-0.39, 0.29) is 0 Å². The van der Waals surface area contributed by atoms with E-state index in [4.69, 9.17) is 9.47 Å². The van der Waals surface area contributed by atoms with Crippen LogP contribution in [0.5, 0.6) is 5.75 Å². The van der Waals surface area contributed by atoms with Gasteiger partial charge in [-0.1, -0.05) is 42.5 Å². The Morgan fingerprint density at radius 2 is 1.67 bits per heavy atom. The highest BCUT2D eigenvalue weighted by atomic mass is 16.5. The zero-order chi connectivity index (χ0) is 19.6. The number of hydrogen-bond acceptors (Lipinski definition) is 5. The minimum absolute atomic E-state index is 0.449. The molecule has 7 heteroatoms. The van der Waals surface area contributed by atoms with E-state index in [2.05, 4.69) is 10.6 Å². The first kappa shape index (κ1) is 19.7. The summed E-state index contributed by atoms with van der Waals surface area (Å²) >= 11 is 0. The molecular formula is C20H20N2O5. The molecule has 0 spiro atoms. The molecule has 0 saturated heterocycles. The van der Waals surface area contributed by atoms with Crippen molar-refractivity contribution >= 4 is 24.0 Å². The third kappa shape index (κ3) is 6.00. The molecule has 3 amide bonds. The van der Waals surface area contributed by atoms with Gasteiger partial charge in [0.15, 0.2) is 0 Å². The number of nitrogens with one attached hydrogen (secondary N) is 2. The highest BCUT2D eigenvalue weighted by Crippen LogP contribution is 2.18. The molecular weight excluding hydrogens is 348 g/mol. The SMILES string of the molecule is CNC(=O)NC(=O)[C@H](OC(=O)/C=C/c1ccc(OC)cc1)c1ccccc1. The predicted molar refractivity (Wildman–Crippen MR) is 99.9 cm³/mol. The van der Waals surface area contributed by atoms with Crippen LogP contribution >= 0.6 is 0 Å². The first-order valence-electron chi connectivity index (χ1n) is 8.13. The number of hydrogen-bond donors (Lipinski definition) is 2. The highest BCUT2D eigenvalue weighted by molar-refractivity contribution is 5.98. The molecule has 7 nitrogen and oxygen atoms in total. The third-order valence-corrected chi connectivity index (χ3v) is 3.57. The molecule has 1 atom stereocenters. The minimum Gasteiger partial charge on any atom is -0.497 e. The second-order valence-corrected chi connectivity index (χ2v) is 5.40. The van der Waals surface area contributed by atoms with Crippen molar-refractivity contribution in [3.8, 4) is 5.75 Å². The quantitative estimate of drug-likeness (QED) is 0.603. The van der Waals surface area contributed by atoms with Crippen molar-refractivity contribution in [1.29, 1.82) is 0 Å². The van der Waals surface area contributed by atoms with Gasteiger partial charge < -0.3 is 14.8 Å². The topological polar surface area (TPSA) is 93.7 Å². The van der Waals surface area contributed by atoms with Gasteiger partial charge in [-0.15, -0.1) is 0 Å². The molecule has 0 saturated carbocycles. The Kier molecular flexibility index (Phi) is 7.13. The first-order valence-corrected chi connectivity index (χ1v) is 8.13. The summed E-state index contributed by atoms with van der Waals surface area (Å²) in [6.07, 6.45) is 1.52. The van der Waals surface area contributed by atoms with Crippen LogP contribution in [0.1, 0.15) is 17.2 Å². The van der Waals surface area contributed by atoms with Crippen LogP contribution in [0.4, 0.5) is 4.79 Å². The van der Waals surface area contributed by atoms with Crippen LogP contribution in [0, 0.1) is 0 Å². The van der Waals surface area contributed by atoms with Crippen LogP contribution in [0.25, 0.3) is 6.08 Å². The Hall–Kier alpha value is -3.61. The molecule has 0 heterocycles. The van der Waals surface area contributed by atoms with E-state index >= 15 is 0 Å². The molecule has 2 aromatic carbocycles. The third-order valence-electron chi connectivity index (χ3n) is 3.57. The number of imide groups is 1. The fourth-order valence-corrected chi connectivity index (χ4v) is 2.18. The molecule has 0 radical (unpaired) electrons. The number of methoxy groups -OCH3 is 1. The maximum absolute atomic E-state index is 12.3. The molecule has 2 rings (SSSR count). The Labute approximate surface area is 157 Å². The number of ether oxygens (including phenoxy) is 2. The van der Waals surface area contributed by atoms with E-state index in [1.165, 1.54) is 13.1 Å². The van der Waals surface area contributed by atoms with Crippen LogP contribution in [0.15, 0.2) is 60.7 Å². The van der Waals surface area contributed by atoms with Gasteiger partial charge in [0.2, 0.25) is 6.10 Å². The number of amides is 3. The number of benzene rings is 2. The van der Waals surface area contributed by atoms with Gasteiger partial charge in [-0.25, -0.2) is 9.59 Å². The van der Waals surface area contributed by atoms with Crippen molar-refractivity contribution in [3.05, 3.63) is 71.8 Å². The molecule has 0 unspecified atom stereocenters. The maximum atomic E-state index is 12.3. The number of carbonyl (C=O) groups excluding carboxylic acids is 3. The molecule has 2 N–H and O–H groups in total. The lowest BCUT2D eigenvalue weighted by Gasteiger charge is -2.16. The minimum atomic E-state index is -1.25. The zero-order valence-corrected chi connectivity index (χ0v) is 15.0. The number of rotatable bonds is 6. The van der Waals surface area contributed by atoms with E-state index in [1.807, 2.05) is 0 Å². The Morgan fingerprint density at radius 3 is 2.26 bits per heavy atom. The summed E-state index contributed by atoms with van der Waals surface area (Å²) in [4.78, 5) is 35.9. The smallest absolute Gasteiger partial charge is 0.331 e. The Bertz CT molecular complexity index is 816. The van der Waals surface area contributed by atoms with Gasteiger partial charge in [0.1, 0.15) is 5.75 Å². The molecule has 140 valence electrons. The summed E-state index contributed by atoms with van der Waals surface area (Å²) < 4.78 is 10.3. The average Bonchev–Trinajstić information content (AvgIpc) is 2.71. The molecule has 0 aliphatic carbocycles. The summed E-state index contributed by atoms with van der Waals surface area (Å²) in [5.74, 6) is -0.761. The molecule has 2 aromatic rings. The largest absolute Gasteiger partial charge is 0.497 e. The monoisotopic (exact) mass is 368 g/mol. The van der Waals surface area contributed by atoms with Crippen molar-refractivity contribution in [2.75, 3.05) is 14.2 Å². The van der Waals surface area contributed by atoms with Gasteiger partial charge in [0, 0.05) is 18.7 Å². The second kappa shape index (κ2) is 9.76. The van der Waals surface area contributed by atoms with Crippen molar-refractivity contribution in [1.82, 2.24) is 10.6 Å². The van der Waals surface area contributed by atoms with Crippen molar-refractivity contribution in [3.63, 3.8) is 0 Å². The standard InChI is InChI=1S/C20H20N2O5/c1-21-20(25)22-19(24)18(15-6-4-3-5-7-15)27-17(23)13-10-14-8-11-16(26-2)12-9-14/h3-13,18H,1-2H3,(H2,21,22,24,25)/b13-10+/t18-/m1/s1. The average molecular weight is 368 g/mol. The van der Waals surface area contributed by atoms with Gasteiger partial charge in [-0.05, 0) is 23.8 Å². The Balaban J connectivity index is 2.11. The zero-order valence-electron chi connectivity index (χ0n) is 15.0. The number of carbonyl (C=O) groups is 3. The molecule has 0 aromatic heterocycles. The van der Waals surface area contributed by atoms with Gasteiger partial charge in [0.05, 0.1) is 7.11 Å². The molecule has 0 fully saturated rings. The van der Waals surface area contributed by atoms with Gasteiger partial charge in [0.25, 0.3) is 5.91 Å². The highest BCUT2D eigenvalue weighted by Gasteiger charge is 2.25. The normalized spacial score (nSPS) is 11.5. The lowest BCUT2D eigenvalue weighted by molar-refractivity contribution is -0.151. The summed E-state index contributed by atoms with van der Waals surface area (Å²) in [7, 11) is 2.94. The Morgan fingerprint density at radius 1 is 1.00 bits per heavy atom. The summed E-state index contributed by atoms with van der Waals surface area (Å²) in [5, 5.41) is 4.39. The number of esters is 1. The lowest BCUT2D eigenvalue weighted by atomic mass is 10.1. The lowest BCUT2D eigenvalue weighted by Crippen LogP contribution is -2.41. The fraction of sp³-hybridized carbons (Fsp3) is 0.150. The van der Waals surface area contributed by atoms with E-state index < -0.39 is 24.0 Å². The van der Waals surface area contributed by atoms with Crippen molar-refractivity contribution in [2.24, 2.45) is 0 Å². The van der Waals surface area contributed by atoms with Crippen LogP contribution in [0.3, 0.4) is 0 Å². The van der Waals surface area contributed by atoms with Crippen LogP contribution in [-0.2, 0) is 14.3 Å². The summed E-state index contributed by atoms with van der Waals surface area (Å²) in [5.41, 5.74) is 1.21. The van der Waals surface area contributed by atoms with E-state index in [9.17, 15) is 14.4 Å². The molecule has 0 aliphatic rings. The van der Waals surface area contributed by atoms with Crippen LogP contribution < -0.4 is 15.4 Å². The van der Waals surface area contributed by atoms with E-state index in [1.54, 1.807) is 67.8 Å². The summed E-state index contributed by atoms with van der Waals surface area (Å²) in [6, 6.07) is 14.8. The van der Waals surface area contributed by atoms with Gasteiger partial charge in [-0.2, -0.15) is 0 Å². The molecule has 0 bridgehead atoms. The van der Waals surface area contributed by atoms with Crippen LogP contribution in [-0.4, -0.2) is 32.1 Å². The van der Waals surface area contributed by atoms with E-state index in [0.717, 1.165) is 5.56 Å². The van der Waals surface area contributed by atoms with E-state index in [0.29, 0.717) is 11.3 Å². The van der Waals surface area contributed by atoms with Gasteiger partial charge in [-0.3, -0.25) is 10.1 Å². The van der Waals surface area contributed by atoms with Crippen molar-refractivity contribution in [2.45, 2.75) is 6.10 Å². The van der Waals surface area contributed by atoms with Crippen molar-refractivity contribution < 1.29 is 23.9 Å². The fourth-order valence-electron chi connectivity index (χ4n) is 2.18. The van der Waals surface area contributed by atoms with Gasteiger partial charge >= 0.3 is 12.0 Å². The van der Waals surface area contributed by atoms with Crippen LogP contribution in [0.2, 0.25) is 0 Å². The number of urea groups is 1. The summed E-state index contributed by atoms with van der Waals surface area (Å²) in [6.45, 7) is 0. The molecule has 27 heavy (non-hydrogen) atoms. The molecule has 0 aliphatic heterocycles. The second-order valence-electron chi connectivity index (χ2n) is 5.40. The maximum Gasteiger partial charge on any atom is 0.331 e. The predicted octanol–water partition coefficient (Wildman–Crippen LogP) is 2.45. The first-order chi connectivity index (χ1) is 13.0.